The van der Waals surface area contributed by atoms with Gasteiger partial charge in [0.1, 0.15) is 5.52 Å². The highest BCUT2D eigenvalue weighted by Crippen LogP contribution is 2.42. The van der Waals surface area contributed by atoms with Crippen LogP contribution in [0.15, 0.2) is 144 Å². The smallest absolute Gasteiger partial charge is 0.227 e. The topological polar surface area (TPSA) is 47.3 Å². The summed E-state index contributed by atoms with van der Waals surface area (Å²) in [6.07, 6.45) is 4.50. The van der Waals surface area contributed by atoms with Gasteiger partial charge in [-0.1, -0.05) is 128 Å². The number of nitrogens with one attached hydrogen (secondary N) is 1. The van der Waals surface area contributed by atoms with Crippen molar-refractivity contribution in [3.05, 3.63) is 162 Å². The Morgan fingerprint density at radius 3 is 1.74 bits per heavy atom. The molecule has 4 nitrogen and oxygen atoms in total. The van der Waals surface area contributed by atoms with Crippen molar-refractivity contribution in [1.82, 2.24) is 10.3 Å². The van der Waals surface area contributed by atoms with Crippen LogP contribution in [0.5, 0.6) is 0 Å². The van der Waals surface area contributed by atoms with Crippen molar-refractivity contribution in [3.8, 4) is 11.5 Å². The first-order valence-electron chi connectivity index (χ1n) is 15.2. The first kappa shape index (κ1) is 27.3. The highest BCUT2D eigenvalue weighted by Gasteiger charge is 2.45. The van der Waals surface area contributed by atoms with Crippen LogP contribution in [-0.2, 0) is 16.9 Å². The lowest BCUT2D eigenvalue weighted by Crippen LogP contribution is -2.58. The molecule has 0 saturated heterocycles. The minimum absolute atomic E-state index is 0.167. The van der Waals surface area contributed by atoms with Gasteiger partial charge in [-0.05, 0) is 59.4 Å². The molecule has 0 amide bonds. The van der Waals surface area contributed by atoms with Crippen LogP contribution in [0.1, 0.15) is 47.9 Å². The fraction of sp³-hybridized carbons (Fsp3) is 0.205. The average Bonchev–Trinajstić information content (AvgIpc) is 3.73. The SMILES string of the molecule is c1ccc(C(NC2(COCc3ccc(-c4nc5ccccc5o4)cc3)CCCC2)(c2ccccc2)c2ccccc2)cc1. The maximum absolute atomic E-state index is 6.55. The molecule has 6 aromatic rings. The molecule has 0 bridgehead atoms. The Morgan fingerprint density at radius 2 is 1.19 bits per heavy atom. The predicted molar refractivity (Wildman–Crippen MR) is 173 cm³/mol. The van der Waals surface area contributed by atoms with Crippen LogP contribution >= 0.6 is 0 Å². The van der Waals surface area contributed by atoms with E-state index in [4.69, 9.17) is 9.15 Å². The second kappa shape index (κ2) is 12.0. The third kappa shape index (κ3) is 5.52. The fourth-order valence-corrected chi connectivity index (χ4v) is 6.64. The van der Waals surface area contributed by atoms with Gasteiger partial charge >= 0.3 is 0 Å². The quantitative estimate of drug-likeness (QED) is 0.169. The molecule has 1 saturated carbocycles. The summed E-state index contributed by atoms with van der Waals surface area (Å²) < 4.78 is 12.5. The summed E-state index contributed by atoms with van der Waals surface area (Å²) in [6.45, 7) is 1.18. The van der Waals surface area contributed by atoms with Crippen LogP contribution in [-0.4, -0.2) is 17.1 Å². The van der Waals surface area contributed by atoms with Crippen LogP contribution in [0.25, 0.3) is 22.6 Å². The molecule has 1 aliphatic carbocycles. The van der Waals surface area contributed by atoms with E-state index in [-0.39, 0.29) is 5.54 Å². The van der Waals surface area contributed by atoms with Crippen LogP contribution in [0.4, 0.5) is 0 Å². The lowest BCUT2D eigenvalue weighted by atomic mass is 9.75. The molecule has 1 aromatic heterocycles. The summed E-state index contributed by atoms with van der Waals surface area (Å²) in [6, 6.07) is 48.8. The summed E-state index contributed by atoms with van der Waals surface area (Å²) in [5.41, 5.74) is 6.78. The van der Waals surface area contributed by atoms with Crippen molar-refractivity contribution in [2.45, 2.75) is 43.4 Å². The molecule has 0 spiro atoms. The van der Waals surface area contributed by atoms with E-state index in [9.17, 15) is 0 Å². The molecule has 0 radical (unpaired) electrons. The highest BCUT2D eigenvalue weighted by molar-refractivity contribution is 5.76. The van der Waals surface area contributed by atoms with E-state index in [1.54, 1.807) is 0 Å². The zero-order valence-corrected chi connectivity index (χ0v) is 24.3. The van der Waals surface area contributed by atoms with E-state index in [1.165, 1.54) is 29.5 Å². The number of nitrogens with zero attached hydrogens (tertiary/aromatic N) is 1. The minimum atomic E-state index is -0.515. The molecule has 1 fully saturated rings. The lowest BCUT2D eigenvalue weighted by Gasteiger charge is -2.45. The second-order valence-corrected chi connectivity index (χ2v) is 11.6. The average molecular weight is 565 g/mol. The molecular formula is C39H36N2O2. The molecule has 214 valence electrons. The number of ether oxygens (including phenoxy) is 1. The molecule has 1 aliphatic rings. The number of rotatable bonds is 10. The standard InChI is InChI=1S/C39H36N2O2/c1-4-14-32(15-5-1)39(33-16-6-2-7-17-33,34-18-8-3-9-19-34)41-38(26-12-13-27-38)29-42-28-30-22-24-31(25-23-30)37-40-35-20-10-11-21-36(35)43-37/h1-11,14-25,41H,12-13,26-29H2. The van der Waals surface area contributed by atoms with Gasteiger partial charge in [-0.25, -0.2) is 4.98 Å². The van der Waals surface area contributed by atoms with E-state index in [1.807, 2.05) is 24.3 Å². The molecule has 0 atom stereocenters. The summed E-state index contributed by atoms with van der Waals surface area (Å²) in [7, 11) is 0. The van der Waals surface area contributed by atoms with Gasteiger partial charge in [0.2, 0.25) is 5.89 Å². The van der Waals surface area contributed by atoms with E-state index < -0.39 is 5.54 Å². The summed E-state index contributed by atoms with van der Waals surface area (Å²) in [5, 5.41) is 4.28. The Labute approximate surface area is 253 Å². The Kier molecular flexibility index (Phi) is 7.63. The number of para-hydroxylation sites is 2. The van der Waals surface area contributed by atoms with Crippen molar-refractivity contribution in [1.29, 1.82) is 0 Å². The van der Waals surface area contributed by atoms with Gasteiger partial charge in [-0.15, -0.1) is 0 Å². The molecule has 1 heterocycles. The zero-order chi connectivity index (χ0) is 29.0. The minimum Gasteiger partial charge on any atom is -0.436 e. The first-order chi connectivity index (χ1) is 21.2. The monoisotopic (exact) mass is 564 g/mol. The molecule has 0 unspecified atom stereocenters. The van der Waals surface area contributed by atoms with Crippen molar-refractivity contribution in [2.24, 2.45) is 0 Å². The van der Waals surface area contributed by atoms with Crippen LogP contribution in [0.2, 0.25) is 0 Å². The van der Waals surface area contributed by atoms with Crippen LogP contribution in [0.3, 0.4) is 0 Å². The van der Waals surface area contributed by atoms with Gasteiger partial charge < -0.3 is 9.15 Å². The Morgan fingerprint density at radius 1 is 0.651 bits per heavy atom. The van der Waals surface area contributed by atoms with Crippen molar-refractivity contribution in [2.75, 3.05) is 6.61 Å². The normalized spacial score (nSPS) is 14.7. The number of hydrogen-bond acceptors (Lipinski definition) is 4. The van der Waals surface area contributed by atoms with Crippen molar-refractivity contribution < 1.29 is 9.15 Å². The number of aromatic nitrogens is 1. The van der Waals surface area contributed by atoms with Crippen molar-refractivity contribution >= 4 is 11.1 Å². The molecule has 43 heavy (non-hydrogen) atoms. The Bertz CT molecular complexity index is 1630. The number of fused-ring (bicyclic) bond motifs is 1. The van der Waals surface area contributed by atoms with Gasteiger partial charge in [0.05, 0.1) is 18.8 Å². The van der Waals surface area contributed by atoms with E-state index in [2.05, 4.69) is 126 Å². The molecular weight excluding hydrogens is 528 g/mol. The van der Waals surface area contributed by atoms with Gasteiger partial charge in [-0.3, -0.25) is 5.32 Å². The number of benzene rings is 5. The first-order valence-corrected chi connectivity index (χ1v) is 15.2. The summed E-state index contributed by atoms with van der Waals surface area (Å²) in [4.78, 5) is 4.64. The maximum Gasteiger partial charge on any atom is 0.227 e. The van der Waals surface area contributed by atoms with Crippen molar-refractivity contribution in [3.63, 3.8) is 0 Å². The van der Waals surface area contributed by atoms with Gasteiger partial charge in [-0.2, -0.15) is 0 Å². The summed E-state index contributed by atoms with van der Waals surface area (Å²) >= 11 is 0. The Hall–Kier alpha value is -4.51. The largest absolute Gasteiger partial charge is 0.436 e. The number of hydrogen-bond donors (Lipinski definition) is 1. The number of oxazole rings is 1. The van der Waals surface area contributed by atoms with Gasteiger partial charge in [0.15, 0.2) is 5.58 Å². The van der Waals surface area contributed by atoms with Gasteiger partial charge in [0, 0.05) is 11.1 Å². The summed E-state index contributed by atoms with van der Waals surface area (Å²) in [5.74, 6) is 0.641. The van der Waals surface area contributed by atoms with Gasteiger partial charge in [0.25, 0.3) is 0 Å². The van der Waals surface area contributed by atoms with E-state index in [0.717, 1.165) is 35.1 Å². The molecule has 1 N–H and O–H groups in total. The third-order valence-electron chi connectivity index (χ3n) is 8.78. The van der Waals surface area contributed by atoms with E-state index in [0.29, 0.717) is 19.1 Å². The highest BCUT2D eigenvalue weighted by atomic mass is 16.5. The fourth-order valence-electron chi connectivity index (χ4n) is 6.64. The van der Waals surface area contributed by atoms with Crippen LogP contribution < -0.4 is 5.32 Å². The second-order valence-electron chi connectivity index (χ2n) is 11.6. The third-order valence-corrected chi connectivity index (χ3v) is 8.78. The Balaban J connectivity index is 1.15. The maximum atomic E-state index is 6.55. The molecule has 5 aromatic carbocycles. The molecule has 4 heteroatoms. The molecule has 7 rings (SSSR count). The lowest BCUT2D eigenvalue weighted by molar-refractivity contribution is 0.0494. The van der Waals surface area contributed by atoms with E-state index >= 15 is 0 Å². The van der Waals surface area contributed by atoms with Crippen LogP contribution in [0, 0.1) is 0 Å². The molecule has 0 aliphatic heterocycles. The zero-order valence-electron chi connectivity index (χ0n) is 24.3. The predicted octanol–water partition coefficient (Wildman–Crippen LogP) is 8.91.